The van der Waals surface area contributed by atoms with Crippen LogP contribution < -0.4 is 9.64 Å². The van der Waals surface area contributed by atoms with E-state index in [-0.39, 0.29) is 5.91 Å². The van der Waals surface area contributed by atoms with Crippen molar-refractivity contribution in [2.45, 2.75) is 13.0 Å². The van der Waals surface area contributed by atoms with E-state index in [9.17, 15) is 4.79 Å². The number of ether oxygens (including phenoxy) is 1. The Morgan fingerprint density at radius 2 is 1.69 bits per heavy atom. The van der Waals surface area contributed by atoms with Crippen LogP contribution in [-0.2, 0) is 4.79 Å². The Kier molecular flexibility index (Phi) is 5.37. The van der Waals surface area contributed by atoms with Crippen molar-refractivity contribution >= 4 is 22.5 Å². The fourth-order valence-corrected chi connectivity index (χ4v) is 3.89. The van der Waals surface area contributed by atoms with Crippen molar-refractivity contribution in [3.05, 3.63) is 67.3 Å². The number of piperazine rings is 1. The maximum Gasteiger partial charge on any atom is 0.263 e. The zero-order chi connectivity index (χ0) is 21.9. The van der Waals surface area contributed by atoms with E-state index in [4.69, 9.17) is 4.74 Å². The van der Waals surface area contributed by atoms with Gasteiger partial charge in [0.1, 0.15) is 18.4 Å². The van der Waals surface area contributed by atoms with E-state index in [0.29, 0.717) is 32.0 Å². The number of benzene rings is 2. The lowest BCUT2D eigenvalue weighted by atomic mass is 10.1. The Labute approximate surface area is 185 Å². The van der Waals surface area contributed by atoms with Gasteiger partial charge in [-0.1, -0.05) is 36.4 Å². The molecule has 1 amide bonds. The standard InChI is InChI=1S/C23H23N7O2/c1-17(32-20-8-4-6-18-5-2-3-7-19(18)20)23(31)29-13-11-28(12-14-29)21-9-10-22(27-26-21)30-16-24-15-25-30/h2-10,15-17H,11-14H2,1H3. The highest BCUT2D eigenvalue weighted by atomic mass is 16.5. The largest absolute Gasteiger partial charge is 0.480 e. The molecule has 162 valence electrons. The quantitative estimate of drug-likeness (QED) is 0.481. The molecule has 1 fully saturated rings. The van der Waals surface area contributed by atoms with Gasteiger partial charge >= 0.3 is 0 Å². The summed E-state index contributed by atoms with van der Waals surface area (Å²) in [7, 11) is 0. The molecule has 0 spiro atoms. The van der Waals surface area contributed by atoms with Gasteiger partial charge in [-0.2, -0.15) is 5.10 Å². The fourth-order valence-electron chi connectivity index (χ4n) is 3.89. The fraction of sp³-hybridized carbons (Fsp3) is 0.261. The molecule has 9 heteroatoms. The highest BCUT2D eigenvalue weighted by Crippen LogP contribution is 2.26. The zero-order valence-corrected chi connectivity index (χ0v) is 17.7. The van der Waals surface area contributed by atoms with Gasteiger partial charge in [0, 0.05) is 31.6 Å². The lowest BCUT2D eigenvalue weighted by Gasteiger charge is -2.36. The second kappa shape index (κ2) is 8.62. The van der Waals surface area contributed by atoms with Crippen LogP contribution in [0.2, 0.25) is 0 Å². The average molecular weight is 429 g/mol. The van der Waals surface area contributed by atoms with E-state index in [1.807, 2.05) is 66.4 Å². The van der Waals surface area contributed by atoms with Crippen LogP contribution in [0.4, 0.5) is 5.82 Å². The summed E-state index contributed by atoms with van der Waals surface area (Å²) in [6.45, 7) is 4.39. The van der Waals surface area contributed by atoms with Gasteiger partial charge < -0.3 is 14.5 Å². The molecule has 3 heterocycles. The first kappa shape index (κ1) is 19.9. The van der Waals surface area contributed by atoms with Gasteiger partial charge in [-0.25, -0.2) is 9.67 Å². The summed E-state index contributed by atoms with van der Waals surface area (Å²) >= 11 is 0. The summed E-state index contributed by atoms with van der Waals surface area (Å²) in [5.74, 6) is 2.11. The van der Waals surface area contributed by atoms with E-state index in [0.717, 1.165) is 22.3 Å². The minimum absolute atomic E-state index is 0.00908. The molecular weight excluding hydrogens is 406 g/mol. The molecule has 1 atom stereocenters. The molecule has 2 aromatic heterocycles. The third-order valence-corrected chi connectivity index (χ3v) is 5.61. The van der Waals surface area contributed by atoms with Crippen LogP contribution in [0.5, 0.6) is 5.75 Å². The molecule has 1 aliphatic rings. The molecule has 32 heavy (non-hydrogen) atoms. The highest BCUT2D eigenvalue weighted by Gasteiger charge is 2.27. The molecule has 0 bridgehead atoms. The smallest absolute Gasteiger partial charge is 0.263 e. The van der Waals surface area contributed by atoms with Crippen molar-refractivity contribution in [2.75, 3.05) is 31.1 Å². The summed E-state index contributed by atoms with van der Waals surface area (Å²) < 4.78 is 7.62. The number of hydrogen-bond acceptors (Lipinski definition) is 7. The number of aromatic nitrogens is 5. The van der Waals surface area contributed by atoms with Crippen LogP contribution in [-0.4, -0.2) is 68.1 Å². The van der Waals surface area contributed by atoms with Gasteiger partial charge in [0.05, 0.1) is 0 Å². The second-order valence-corrected chi connectivity index (χ2v) is 7.64. The summed E-state index contributed by atoms with van der Waals surface area (Å²) in [5, 5.41) is 14.7. The first-order valence-corrected chi connectivity index (χ1v) is 10.6. The van der Waals surface area contributed by atoms with Gasteiger partial charge in [0.2, 0.25) is 0 Å². The molecule has 5 rings (SSSR count). The van der Waals surface area contributed by atoms with Crippen LogP contribution in [0.3, 0.4) is 0 Å². The van der Waals surface area contributed by atoms with Gasteiger partial charge in [-0.3, -0.25) is 4.79 Å². The first-order chi connectivity index (χ1) is 15.7. The van der Waals surface area contributed by atoms with Crippen LogP contribution in [0.1, 0.15) is 6.92 Å². The molecule has 0 saturated carbocycles. The lowest BCUT2D eigenvalue weighted by molar-refractivity contribution is -0.138. The summed E-state index contributed by atoms with van der Waals surface area (Å²) in [6, 6.07) is 17.7. The molecule has 0 N–H and O–H groups in total. The summed E-state index contributed by atoms with van der Waals surface area (Å²) in [6.07, 6.45) is 2.47. The van der Waals surface area contributed by atoms with Crippen molar-refractivity contribution in [2.24, 2.45) is 0 Å². The molecule has 4 aromatic rings. The maximum atomic E-state index is 13.0. The Balaban J connectivity index is 1.20. The van der Waals surface area contributed by atoms with Crippen LogP contribution in [0.15, 0.2) is 67.3 Å². The number of anilines is 1. The molecular formula is C23H23N7O2. The van der Waals surface area contributed by atoms with Crippen LogP contribution >= 0.6 is 0 Å². The Morgan fingerprint density at radius 3 is 2.44 bits per heavy atom. The van der Waals surface area contributed by atoms with Crippen LogP contribution in [0.25, 0.3) is 16.6 Å². The van der Waals surface area contributed by atoms with E-state index >= 15 is 0 Å². The van der Waals surface area contributed by atoms with E-state index in [1.165, 1.54) is 6.33 Å². The van der Waals surface area contributed by atoms with Gasteiger partial charge in [-0.15, -0.1) is 10.2 Å². The minimum atomic E-state index is -0.561. The minimum Gasteiger partial charge on any atom is -0.480 e. The molecule has 0 aliphatic carbocycles. The summed E-state index contributed by atoms with van der Waals surface area (Å²) in [4.78, 5) is 20.9. The van der Waals surface area contributed by atoms with E-state index < -0.39 is 6.10 Å². The highest BCUT2D eigenvalue weighted by molar-refractivity contribution is 5.89. The zero-order valence-electron chi connectivity index (χ0n) is 17.7. The number of amides is 1. The number of fused-ring (bicyclic) bond motifs is 1. The summed E-state index contributed by atoms with van der Waals surface area (Å²) in [5.41, 5.74) is 0. The number of rotatable bonds is 5. The number of carbonyl (C=O) groups excluding carboxylic acids is 1. The van der Waals surface area contributed by atoms with Crippen molar-refractivity contribution in [3.63, 3.8) is 0 Å². The Morgan fingerprint density at radius 1 is 0.938 bits per heavy atom. The molecule has 2 aromatic carbocycles. The second-order valence-electron chi connectivity index (χ2n) is 7.64. The lowest BCUT2D eigenvalue weighted by Crippen LogP contribution is -2.52. The Bertz CT molecular complexity index is 1200. The van der Waals surface area contributed by atoms with Gasteiger partial charge in [0.15, 0.2) is 17.7 Å². The van der Waals surface area contributed by atoms with Crippen molar-refractivity contribution < 1.29 is 9.53 Å². The SMILES string of the molecule is CC(Oc1cccc2ccccc12)C(=O)N1CCN(c2ccc(-n3cncn3)nn2)CC1. The first-order valence-electron chi connectivity index (χ1n) is 10.6. The maximum absolute atomic E-state index is 13.0. The predicted molar refractivity (Wildman–Crippen MR) is 120 cm³/mol. The van der Waals surface area contributed by atoms with Crippen molar-refractivity contribution in [1.29, 1.82) is 0 Å². The normalized spacial score (nSPS) is 15.0. The van der Waals surface area contributed by atoms with Crippen LogP contribution in [0, 0.1) is 0 Å². The third-order valence-electron chi connectivity index (χ3n) is 5.61. The average Bonchev–Trinajstić information content (AvgIpc) is 3.39. The molecule has 0 radical (unpaired) electrons. The topological polar surface area (TPSA) is 89.3 Å². The molecule has 1 unspecified atom stereocenters. The monoisotopic (exact) mass is 429 g/mol. The third kappa shape index (κ3) is 3.96. The molecule has 1 aliphatic heterocycles. The molecule has 1 saturated heterocycles. The number of carbonyl (C=O) groups is 1. The van der Waals surface area contributed by atoms with Crippen molar-refractivity contribution in [3.8, 4) is 11.6 Å². The van der Waals surface area contributed by atoms with Crippen molar-refractivity contribution in [1.82, 2.24) is 29.9 Å². The molecule has 9 nitrogen and oxygen atoms in total. The van der Waals surface area contributed by atoms with Gasteiger partial charge in [-0.05, 0) is 30.5 Å². The van der Waals surface area contributed by atoms with E-state index in [2.05, 4.69) is 25.2 Å². The number of nitrogens with zero attached hydrogens (tertiary/aromatic N) is 7. The predicted octanol–water partition coefficient (Wildman–Crippen LogP) is 2.33. The van der Waals surface area contributed by atoms with Gasteiger partial charge in [0.25, 0.3) is 5.91 Å². The number of hydrogen-bond donors (Lipinski definition) is 0. The Hall–Kier alpha value is -4.01. The van der Waals surface area contributed by atoms with E-state index in [1.54, 1.807) is 11.0 Å².